The number of nitrogens with zero attached hydrogens (tertiary/aromatic N) is 4. The van der Waals surface area contributed by atoms with E-state index in [1.165, 1.54) is 0 Å². The van der Waals surface area contributed by atoms with E-state index in [-0.39, 0.29) is 6.61 Å². The van der Waals surface area contributed by atoms with Crippen LogP contribution in [0.2, 0.25) is 0 Å². The third-order valence-electron chi connectivity index (χ3n) is 1.98. The highest BCUT2D eigenvalue weighted by Gasteiger charge is 2.11. The van der Waals surface area contributed by atoms with Crippen molar-refractivity contribution in [3.8, 4) is 11.6 Å². The third kappa shape index (κ3) is 2.26. The van der Waals surface area contributed by atoms with E-state index in [0.29, 0.717) is 30.7 Å². The molecule has 0 fully saturated rings. The van der Waals surface area contributed by atoms with Crippen LogP contribution < -0.4 is 5.73 Å². The van der Waals surface area contributed by atoms with Crippen molar-refractivity contribution in [1.29, 1.82) is 0 Å². The summed E-state index contributed by atoms with van der Waals surface area (Å²) >= 11 is 0. The summed E-state index contributed by atoms with van der Waals surface area (Å²) in [5.41, 5.74) is 5.29. The van der Waals surface area contributed by atoms with Gasteiger partial charge < -0.3 is 19.6 Å². The monoisotopic (exact) mass is 223 g/mol. The van der Waals surface area contributed by atoms with Gasteiger partial charge in [0.1, 0.15) is 6.61 Å². The van der Waals surface area contributed by atoms with Crippen molar-refractivity contribution < 1.29 is 9.26 Å². The van der Waals surface area contributed by atoms with E-state index in [1.54, 1.807) is 6.20 Å². The smallest absolute Gasteiger partial charge is 0.253 e. The molecule has 0 radical (unpaired) electrons. The predicted octanol–water partition coefficient (Wildman–Crippen LogP) is -0.0546. The number of aryl methyl sites for hydroxylation is 1. The Bertz CT molecular complexity index is 450. The van der Waals surface area contributed by atoms with Crippen molar-refractivity contribution in [2.24, 2.45) is 12.8 Å². The van der Waals surface area contributed by atoms with Gasteiger partial charge in [-0.1, -0.05) is 5.16 Å². The quantitative estimate of drug-likeness (QED) is 0.714. The Labute approximate surface area is 92.2 Å². The van der Waals surface area contributed by atoms with Gasteiger partial charge in [-0.15, -0.1) is 0 Å². The van der Waals surface area contributed by atoms with E-state index in [9.17, 15) is 0 Å². The number of aromatic nitrogens is 4. The van der Waals surface area contributed by atoms with Gasteiger partial charge in [-0.05, 0) is 0 Å². The minimum absolute atomic E-state index is 0.272. The molecule has 2 aromatic rings. The summed E-state index contributed by atoms with van der Waals surface area (Å²) in [4.78, 5) is 8.27. The third-order valence-corrected chi connectivity index (χ3v) is 1.98. The van der Waals surface area contributed by atoms with Crippen molar-refractivity contribution >= 4 is 0 Å². The van der Waals surface area contributed by atoms with Crippen molar-refractivity contribution in [1.82, 2.24) is 19.7 Å². The van der Waals surface area contributed by atoms with Crippen LogP contribution in [0.15, 0.2) is 16.9 Å². The van der Waals surface area contributed by atoms with E-state index in [4.69, 9.17) is 15.0 Å². The number of ether oxygens (including phenoxy) is 1. The summed E-state index contributed by atoms with van der Waals surface area (Å²) in [6, 6.07) is 0. The largest absolute Gasteiger partial charge is 0.370 e. The molecule has 0 spiro atoms. The first-order valence-corrected chi connectivity index (χ1v) is 4.89. The lowest BCUT2D eigenvalue weighted by molar-refractivity contribution is 0.104. The number of hydrogen-bond acceptors (Lipinski definition) is 6. The maximum absolute atomic E-state index is 5.29. The normalized spacial score (nSPS) is 10.9. The van der Waals surface area contributed by atoms with Crippen LogP contribution >= 0.6 is 0 Å². The highest BCUT2D eigenvalue weighted by atomic mass is 16.5. The van der Waals surface area contributed by atoms with Gasteiger partial charge in [0.2, 0.25) is 5.82 Å². The van der Waals surface area contributed by atoms with Crippen LogP contribution in [0.25, 0.3) is 11.6 Å². The van der Waals surface area contributed by atoms with Gasteiger partial charge in [-0.3, -0.25) is 0 Å². The minimum atomic E-state index is 0.272. The van der Waals surface area contributed by atoms with Crippen LogP contribution in [0.4, 0.5) is 0 Å². The first-order valence-electron chi connectivity index (χ1n) is 4.89. The first kappa shape index (κ1) is 10.8. The molecule has 2 rings (SSSR count). The van der Waals surface area contributed by atoms with Crippen LogP contribution in [-0.2, 0) is 18.4 Å². The fraction of sp³-hybridized carbons (Fsp3) is 0.444. The highest BCUT2D eigenvalue weighted by molar-refractivity contribution is 5.42. The zero-order valence-electron chi connectivity index (χ0n) is 8.96. The van der Waals surface area contributed by atoms with E-state index >= 15 is 0 Å². The molecule has 7 nitrogen and oxygen atoms in total. The maximum Gasteiger partial charge on any atom is 0.253 e. The minimum Gasteiger partial charge on any atom is -0.370 e. The molecular formula is C9H13N5O2. The molecule has 0 saturated heterocycles. The van der Waals surface area contributed by atoms with Crippen LogP contribution in [0.3, 0.4) is 0 Å². The SMILES string of the molecule is Cn1ccnc1-c1noc(COCCN)n1. The average Bonchev–Trinajstić information content (AvgIpc) is 2.87. The summed E-state index contributed by atoms with van der Waals surface area (Å²) in [7, 11) is 1.86. The lowest BCUT2D eigenvalue weighted by atomic mass is 10.5. The van der Waals surface area contributed by atoms with Gasteiger partial charge in [-0.2, -0.15) is 4.98 Å². The predicted molar refractivity (Wildman–Crippen MR) is 55.2 cm³/mol. The molecule has 0 aliphatic heterocycles. The van der Waals surface area contributed by atoms with Gasteiger partial charge >= 0.3 is 0 Å². The Morgan fingerprint density at radius 2 is 2.44 bits per heavy atom. The van der Waals surface area contributed by atoms with Crippen molar-refractivity contribution in [3.63, 3.8) is 0 Å². The molecule has 2 heterocycles. The van der Waals surface area contributed by atoms with Crippen molar-refractivity contribution in [3.05, 3.63) is 18.3 Å². The molecule has 86 valence electrons. The molecule has 0 aliphatic rings. The van der Waals surface area contributed by atoms with Gasteiger partial charge in [0.05, 0.1) is 6.61 Å². The van der Waals surface area contributed by atoms with Crippen LogP contribution in [0.5, 0.6) is 0 Å². The molecule has 0 atom stereocenters. The summed E-state index contributed by atoms with van der Waals surface area (Å²) in [6.07, 6.45) is 3.49. The van der Waals surface area contributed by atoms with E-state index in [0.717, 1.165) is 0 Å². The van der Waals surface area contributed by atoms with Crippen LogP contribution in [0, 0.1) is 0 Å². The molecule has 0 aliphatic carbocycles. The molecule has 0 amide bonds. The lowest BCUT2D eigenvalue weighted by Gasteiger charge is -1.95. The van der Waals surface area contributed by atoms with Gasteiger partial charge in [-0.25, -0.2) is 4.98 Å². The molecular weight excluding hydrogens is 210 g/mol. The molecule has 0 bridgehead atoms. The number of nitrogens with two attached hydrogens (primary N) is 1. The van der Waals surface area contributed by atoms with Crippen LogP contribution in [0.1, 0.15) is 5.89 Å². The number of hydrogen-bond donors (Lipinski definition) is 1. The maximum atomic E-state index is 5.29. The Hall–Kier alpha value is -1.73. The standard InChI is InChI=1S/C9H13N5O2/c1-14-4-3-11-9(14)8-12-7(16-13-8)6-15-5-2-10/h3-4H,2,5-6,10H2,1H3. The summed E-state index contributed by atoms with van der Waals surface area (Å²) in [5.74, 6) is 1.54. The van der Waals surface area contributed by atoms with Crippen LogP contribution in [-0.4, -0.2) is 32.8 Å². The van der Waals surface area contributed by atoms with Gasteiger partial charge in [0, 0.05) is 26.0 Å². The second-order valence-corrected chi connectivity index (χ2v) is 3.21. The molecule has 2 aromatic heterocycles. The fourth-order valence-corrected chi connectivity index (χ4v) is 1.23. The highest BCUT2D eigenvalue weighted by Crippen LogP contribution is 2.12. The lowest BCUT2D eigenvalue weighted by Crippen LogP contribution is -2.08. The second-order valence-electron chi connectivity index (χ2n) is 3.21. The van der Waals surface area contributed by atoms with Gasteiger partial charge in [0.25, 0.3) is 5.89 Å². The summed E-state index contributed by atoms with van der Waals surface area (Å²) in [5, 5.41) is 3.82. The average molecular weight is 223 g/mol. The summed E-state index contributed by atoms with van der Waals surface area (Å²) < 4.78 is 12.0. The zero-order chi connectivity index (χ0) is 11.4. The summed E-state index contributed by atoms with van der Waals surface area (Å²) in [6.45, 7) is 1.22. The Balaban J connectivity index is 2.05. The van der Waals surface area contributed by atoms with E-state index in [2.05, 4.69) is 15.1 Å². The topological polar surface area (TPSA) is 92.0 Å². The zero-order valence-corrected chi connectivity index (χ0v) is 8.96. The fourth-order valence-electron chi connectivity index (χ4n) is 1.23. The molecule has 16 heavy (non-hydrogen) atoms. The van der Waals surface area contributed by atoms with Crippen molar-refractivity contribution in [2.75, 3.05) is 13.2 Å². The van der Waals surface area contributed by atoms with E-state index < -0.39 is 0 Å². The Kier molecular flexibility index (Phi) is 3.28. The van der Waals surface area contributed by atoms with Gasteiger partial charge in [0.15, 0.2) is 5.82 Å². The second kappa shape index (κ2) is 4.86. The number of imidazole rings is 1. The van der Waals surface area contributed by atoms with E-state index in [1.807, 2.05) is 17.8 Å². The molecule has 0 aromatic carbocycles. The molecule has 0 saturated carbocycles. The number of rotatable bonds is 5. The Morgan fingerprint density at radius 3 is 3.12 bits per heavy atom. The van der Waals surface area contributed by atoms with Crippen molar-refractivity contribution in [2.45, 2.75) is 6.61 Å². The molecule has 2 N–H and O–H groups in total. The molecule has 7 heteroatoms. The Morgan fingerprint density at radius 1 is 1.56 bits per heavy atom. The first-order chi connectivity index (χ1) is 7.81. The molecule has 0 unspecified atom stereocenters.